The molecule has 7 nitrogen and oxygen atoms in total. The predicted octanol–water partition coefficient (Wildman–Crippen LogP) is 3.15. The van der Waals surface area contributed by atoms with Crippen molar-refractivity contribution in [3.63, 3.8) is 0 Å². The summed E-state index contributed by atoms with van der Waals surface area (Å²) in [5.41, 5.74) is 1.29. The lowest BCUT2D eigenvalue weighted by atomic mass is 10.1. The average molecular weight is 409 g/mol. The number of hydrogen-bond acceptors (Lipinski definition) is 5. The van der Waals surface area contributed by atoms with Gasteiger partial charge in [0.2, 0.25) is 5.91 Å². The first-order chi connectivity index (χ1) is 14.4. The zero-order valence-electron chi connectivity index (χ0n) is 17.8. The second-order valence-corrected chi connectivity index (χ2v) is 7.15. The van der Waals surface area contributed by atoms with E-state index in [1.165, 1.54) is 4.68 Å². The Bertz CT molecular complexity index is 1110. The van der Waals surface area contributed by atoms with E-state index >= 15 is 0 Å². The number of rotatable bonds is 8. The number of aromatic nitrogens is 2. The average Bonchev–Trinajstić information content (AvgIpc) is 2.75. The van der Waals surface area contributed by atoms with E-state index in [1.54, 1.807) is 26.3 Å². The van der Waals surface area contributed by atoms with Crippen molar-refractivity contribution < 1.29 is 14.3 Å². The first kappa shape index (κ1) is 21.4. The van der Waals surface area contributed by atoms with Gasteiger partial charge in [-0.1, -0.05) is 31.2 Å². The zero-order valence-corrected chi connectivity index (χ0v) is 17.8. The van der Waals surface area contributed by atoms with Crippen LogP contribution in [0.5, 0.6) is 11.5 Å². The van der Waals surface area contributed by atoms with Crippen LogP contribution in [0.25, 0.3) is 10.8 Å². The lowest BCUT2D eigenvalue weighted by Gasteiger charge is -2.17. The lowest BCUT2D eigenvalue weighted by molar-refractivity contribution is -0.121. The molecule has 0 radical (unpaired) electrons. The molecule has 0 fully saturated rings. The van der Waals surface area contributed by atoms with Gasteiger partial charge >= 0.3 is 0 Å². The fourth-order valence-corrected chi connectivity index (χ4v) is 3.32. The quantitative estimate of drug-likeness (QED) is 0.618. The molecule has 7 heteroatoms. The molecule has 158 valence electrons. The number of amides is 1. The molecule has 3 aromatic rings. The van der Waals surface area contributed by atoms with Gasteiger partial charge in [-0.05, 0) is 37.1 Å². The second-order valence-electron chi connectivity index (χ2n) is 7.15. The van der Waals surface area contributed by atoms with Crippen LogP contribution in [0.3, 0.4) is 0 Å². The fraction of sp³-hybridized carbons (Fsp3) is 0.348. The molecule has 2 aromatic carbocycles. The Labute approximate surface area is 175 Å². The van der Waals surface area contributed by atoms with E-state index in [2.05, 4.69) is 10.4 Å². The Kier molecular flexibility index (Phi) is 6.72. The number of methoxy groups -OCH3 is 1. The van der Waals surface area contributed by atoms with Crippen molar-refractivity contribution in [2.45, 2.75) is 32.7 Å². The van der Waals surface area contributed by atoms with Crippen molar-refractivity contribution in [1.82, 2.24) is 15.1 Å². The van der Waals surface area contributed by atoms with Crippen LogP contribution in [0.4, 0.5) is 0 Å². The van der Waals surface area contributed by atoms with Crippen LogP contribution in [-0.2, 0) is 18.3 Å². The van der Waals surface area contributed by atoms with Gasteiger partial charge in [0, 0.05) is 12.4 Å². The van der Waals surface area contributed by atoms with Crippen LogP contribution in [0, 0.1) is 0 Å². The Morgan fingerprint density at radius 1 is 1.17 bits per heavy atom. The highest BCUT2D eigenvalue weighted by Crippen LogP contribution is 2.30. The van der Waals surface area contributed by atoms with Crippen LogP contribution in [0.1, 0.15) is 37.6 Å². The van der Waals surface area contributed by atoms with Crippen LogP contribution >= 0.6 is 0 Å². The predicted molar refractivity (Wildman–Crippen MR) is 116 cm³/mol. The van der Waals surface area contributed by atoms with E-state index in [4.69, 9.17) is 9.47 Å². The maximum Gasteiger partial charge on any atom is 0.274 e. The SMILES string of the molecule is CCCOc1ccc(C(C)NC(=O)Cc2nn(C)c(=O)c3ccccc23)cc1OC. The number of ether oxygens (including phenoxy) is 2. The topological polar surface area (TPSA) is 82.5 Å². The number of benzene rings is 2. The van der Waals surface area contributed by atoms with Crippen molar-refractivity contribution in [1.29, 1.82) is 0 Å². The first-order valence-corrected chi connectivity index (χ1v) is 9.99. The maximum atomic E-state index is 12.7. The van der Waals surface area contributed by atoms with Gasteiger partial charge in [-0.3, -0.25) is 9.59 Å². The number of nitrogens with one attached hydrogen (secondary N) is 1. The molecule has 3 rings (SSSR count). The third-order valence-electron chi connectivity index (χ3n) is 4.89. The lowest BCUT2D eigenvalue weighted by Crippen LogP contribution is -2.30. The summed E-state index contributed by atoms with van der Waals surface area (Å²) in [6, 6.07) is 12.6. The largest absolute Gasteiger partial charge is 0.493 e. The van der Waals surface area contributed by atoms with Crippen molar-refractivity contribution in [2.75, 3.05) is 13.7 Å². The summed E-state index contributed by atoms with van der Waals surface area (Å²) in [7, 11) is 3.19. The molecule has 0 saturated carbocycles. The third kappa shape index (κ3) is 4.62. The van der Waals surface area contributed by atoms with Gasteiger partial charge in [0.25, 0.3) is 5.56 Å². The third-order valence-corrected chi connectivity index (χ3v) is 4.89. The minimum Gasteiger partial charge on any atom is -0.493 e. The van der Waals surface area contributed by atoms with Gasteiger partial charge < -0.3 is 14.8 Å². The smallest absolute Gasteiger partial charge is 0.274 e. The number of hydrogen-bond donors (Lipinski definition) is 1. The highest BCUT2D eigenvalue weighted by atomic mass is 16.5. The van der Waals surface area contributed by atoms with Crippen LogP contribution in [0.2, 0.25) is 0 Å². The molecule has 0 aliphatic carbocycles. The Balaban J connectivity index is 1.76. The molecular formula is C23H27N3O4. The Hall–Kier alpha value is -3.35. The molecule has 0 saturated heterocycles. The number of nitrogens with zero attached hydrogens (tertiary/aromatic N) is 2. The summed E-state index contributed by atoms with van der Waals surface area (Å²) >= 11 is 0. The van der Waals surface area contributed by atoms with Crippen LogP contribution < -0.4 is 20.3 Å². The summed E-state index contributed by atoms with van der Waals surface area (Å²) in [6.45, 7) is 4.56. The molecule has 1 heterocycles. The van der Waals surface area contributed by atoms with E-state index in [1.807, 2.05) is 44.2 Å². The van der Waals surface area contributed by atoms with Gasteiger partial charge in [0.15, 0.2) is 11.5 Å². The molecule has 0 spiro atoms. The van der Waals surface area contributed by atoms with E-state index in [0.29, 0.717) is 34.6 Å². The van der Waals surface area contributed by atoms with Gasteiger partial charge in [-0.2, -0.15) is 5.10 Å². The van der Waals surface area contributed by atoms with Crippen molar-refractivity contribution >= 4 is 16.7 Å². The van der Waals surface area contributed by atoms with Crippen LogP contribution in [-0.4, -0.2) is 29.4 Å². The summed E-state index contributed by atoms with van der Waals surface area (Å²) in [4.78, 5) is 25.0. The molecule has 0 bridgehead atoms. The molecular weight excluding hydrogens is 382 g/mol. The van der Waals surface area contributed by atoms with Gasteiger partial charge in [0.1, 0.15) is 0 Å². The Morgan fingerprint density at radius 3 is 2.60 bits per heavy atom. The van der Waals surface area contributed by atoms with Crippen molar-refractivity contribution in [3.05, 3.63) is 64.1 Å². The minimum atomic E-state index is -0.231. The van der Waals surface area contributed by atoms with E-state index in [9.17, 15) is 9.59 Å². The van der Waals surface area contributed by atoms with E-state index < -0.39 is 0 Å². The normalized spacial score (nSPS) is 11.9. The molecule has 1 N–H and O–H groups in total. The van der Waals surface area contributed by atoms with Gasteiger partial charge in [0.05, 0.1) is 37.3 Å². The van der Waals surface area contributed by atoms with Gasteiger partial charge in [-0.15, -0.1) is 0 Å². The second kappa shape index (κ2) is 9.43. The van der Waals surface area contributed by atoms with Crippen LogP contribution in [0.15, 0.2) is 47.3 Å². The van der Waals surface area contributed by atoms with E-state index in [0.717, 1.165) is 12.0 Å². The zero-order chi connectivity index (χ0) is 21.7. The fourth-order valence-electron chi connectivity index (χ4n) is 3.32. The number of aryl methyl sites for hydroxylation is 1. The summed E-state index contributed by atoms with van der Waals surface area (Å²) in [6.07, 6.45) is 0.985. The molecule has 30 heavy (non-hydrogen) atoms. The maximum absolute atomic E-state index is 12.7. The van der Waals surface area contributed by atoms with Crippen molar-refractivity contribution in [2.24, 2.45) is 7.05 Å². The number of fused-ring (bicyclic) bond motifs is 1. The van der Waals surface area contributed by atoms with Crippen molar-refractivity contribution in [3.8, 4) is 11.5 Å². The Morgan fingerprint density at radius 2 is 1.90 bits per heavy atom. The van der Waals surface area contributed by atoms with E-state index in [-0.39, 0.29) is 23.9 Å². The molecule has 0 aliphatic rings. The van der Waals surface area contributed by atoms with Gasteiger partial charge in [-0.25, -0.2) is 4.68 Å². The first-order valence-electron chi connectivity index (χ1n) is 9.99. The highest BCUT2D eigenvalue weighted by Gasteiger charge is 2.16. The molecule has 1 aromatic heterocycles. The monoisotopic (exact) mass is 409 g/mol. The number of carbonyl (C=O) groups excluding carboxylic acids is 1. The molecule has 1 atom stereocenters. The number of carbonyl (C=O) groups is 1. The summed E-state index contributed by atoms with van der Waals surface area (Å²) in [5.74, 6) is 1.14. The highest BCUT2D eigenvalue weighted by molar-refractivity contribution is 5.88. The molecule has 1 amide bonds. The molecule has 0 aliphatic heterocycles. The standard InChI is InChI=1S/C23H27N3O4/c1-5-12-30-20-11-10-16(13-21(20)29-4)15(2)24-22(27)14-19-17-8-6-7-9-18(17)23(28)26(3)25-19/h6-11,13,15H,5,12,14H2,1-4H3,(H,24,27). The summed E-state index contributed by atoms with van der Waals surface area (Å²) in [5, 5.41) is 8.54. The summed E-state index contributed by atoms with van der Waals surface area (Å²) < 4.78 is 12.4. The minimum absolute atomic E-state index is 0.0772. The molecule has 1 unspecified atom stereocenters.